The smallest absolute Gasteiger partial charge is 0.335 e. The van der Waals surface area contributed by atoms with E-state index in [2.05, 4.69) is 5.32 Å². The number of amides is 2. The molecular weight excluding hydrogens is 344 g/mol. The second-order valence-corrected chi connectivity index (χ2v) is 6.19. The second kappa shape index (κ2) is 6.94. The Bertz CT molecular complexity index is 818. The third kappa shape index (κ3) is 3.80. The van der Waals surface area contributed by atoms with Crippen LogP contribution in [0.15, 0.2) is 48.5 Å². The van der Waals surface area contributed by atoms with Gasteiger partial charge in [-0.3, -0.25) is 9.59 Å². The minimum absolute atomic E-state index is 0.122. The van der Waals surface area contributed by atoms with Gasteiger partial charge in [0.1, 0.15) is 0 Å². The summed E-state index contributed by atoms with van der Waals surface area (Å²) in [4.78, 5) is 37.0. The van der Waals surface area contributed by atoms with Crippen LogP contribution in [0.1, 0.15) is 16.8 Å². The largest absolute Gasteiger partial charge is 0.478 e. The first-order valence-corrected chi connectivity index (χ1v) is 8.02. The molecule has 7 heteroatoms. The topological polar surface area (TPSA) is 86.7 Å². The number of halogens is 1. The first kappa shape index (κ1) is 17.0. The minimum atomic E-state index is -1.03. The molecule has 0 aliphatic carbocycles. The van der Waals surface area contributed by atoms with E-state index in [-0.39, 0.29) is 23.8 Å². The molecule has 1 atom stereocenters. The fourth-order valence-electron chi connectivity index (χ4n) is 2.69. The molecule has 2 aromatic rings. The average molecular weight is 359 g/mol. The molecule has 0 aromatic heterocycles. The van der Waals surface area contributed by atoms with Gasteiger partial charge in [0, 0.05) is 29.4 Å². The third-order valence-corrected chi connectivity index (χ3v) is 4.29. The lowest BCUT2D eigenvalue weighted by molar-refractivity contribution is -0.122. The molecule has 25 heavy (non-hydrogen) atoms. The fraction of sp³-hybridized carbons (Fsp3) is 0.167. The van der Waals surface area contributed by atoms with Crippen LogP contribution in [0.3, 0.4) is 0 Å². The molecule has 0 spiro atoms. The SMILES string of the molecule is O=C(O)c1ccc(NC(=O)C2CC(=O)N(c3ccc(Cl)cc3)C2)cc1. The maximum atomic E-state index is 12.4. The molecule has 1 heterocycles. The highest BCUT2D eigenvalue weighted by atomic mass is 35.5. The maximum absolute atomic E-state index is 12.4. The number of carbonyl (C=O) groups excluding carboxylic acids is 2. The quantitative estimate of drug-likeness (QED) is 0.879. The van der Waals surface area contributed by atoms with Crippen LogP contribution in [-0.4, -0.2) is 29.4 Å². The van der Waals surface area contributed by atoms with E-state index in [1.165, 1.54) is 24.3 Å². The first-order chi connectivity index (χ1) is 11.9. The number of carbonyl (C=O) groups is 3. The molecule has 6 nitrogen and oxygen atoms in total. The van der Waals surface area contributed by atoms with E-state index in [1.54, 1.807) is 29.2 Å². The molecule has 3 rings (SSSR count). The van der Waals surface area contributed by atoms with Crippen molar-refractivity contribution >= 4 is 40.8 Å². The number of nitrogens with zero attached hydrogens (tertiary/aromatic N) is 1. The van der Waals surface area contributed by atoms with E-state index >= 15 is 0 Å². The van der Waals surface area contributed by atoms with Gasteiger partial charge in [0.05, 0.1) is 11.5 Å². The lowest BCUT2D eigenvalue weighted by atomic mass is 10.1. The van der Waals surface area contributed by atoms with Crippen LogP contribution >= 0.6 is 11.6 Å². The van der Waals surface area contributed by atoms with Gasteiger partial charge in [-0.1, -0.05) is 11.6 Å². The summed E-state index contributed by atoms with van der Waals surface area (Å²) >= 11 is 5.85. The predicted molar refractivity (Wildman–Crippen MR) is 93.9 cm³/mol. The molecule has 0 saturated carbocycles. The minimum Gasteiger partial charge on any atom is -0.478 e. The van der Waals surface area contributed by atoms with E-state index in [4.69, 9.17) is 16.7 Å². The van der Waals surface area contributed by atoms with Crippen LogP contribution in [0, 0.1) is 5.92 Å². The molecule has 0 radical (unpaired) electrons. The zero-order valence-electron chi connectivity index (χ0n) is 13.1. The van der Waals surface area contributed by atoms with Crippen molar-refractivity contribution in [3.05, 3.63) is 59.1 Å². The predicted octanol–water partition coefficient (Wildman–Crippen LogP) is 3.03. The molecule has 2 amide bonds. The number of carboxylic acids is 1. The van der Waals surface area contributed by atoms with Crippen molar-refractivity contribution in [1.29, 1.82) is 0 Å². The van der Waals surface area contributed by atoms with E-state index in [1.807, 2.05) is 0 Å². The third-order valence-electron chi connectivity index (χ3n) is 4.03. The Labute approximate surface area is 149 Å². The summed E-state index contributed by atoms with van der Waals surface area (Å²) in [5.74, 6) is -1.89. The van der Waals surface area contributed by atoms with Crippen LogP contribution < -0.4 is 10.2 Å². The summed E-state index contributed by atoms with van der Waals surface area (Å²) in [5.41, 5.74) is 1.34. The number of rotatable bonds is 4. The Hall–Kier alpha value is -2.86. The Balaban J connectivity index is 1.66. The van der Waals surface area contributed by atoms with Crippen molar-refractivity contribution in [3.8, 4) is 0 Å². The van der Waals surface area contributed by atoms with Crippen molar-refractivity contribution in [2.24, 2.45) is 5.92 Å². The van der Waals surface area contributed by atoms with E-state index in [9.17, 15) is 14.4 Å². The monoisotopic (exact) mass is 358 g/mol. The van der Waals surface area contributed by atoms with Gasteiger partial charge in [0.15, 0.2) is 0 Å². The zero-order chi connectivity index (χ0) is 18.0. The fourth-order valence-corrected chi connectivity index (χ4v) is 2.82. The molecule has 2 N–H and O–H groups in total. The summed E-state index contributed by atoms with van der Waals surface area (Å²) in [6, 6.07) is 12.7. The number of anilines is 2. The highest BCUT2D eigenvalue weighted by Gasteiger charge is 2.35. The Morgan fingerprint density at radius 2 is 1.72 bits per heavy atom. The highest BCUT2D eigenvalue weighted by molar-refractivity contribution is 6.30. The molecule has 0 bridgehead atoms. The summed E-state index contributed by atoms with van der Waals surface area (Å²) in [7, 11) is 0. The maximum Gasteiger partial charge on any atom is 0.335 e. The second-order valence-electron chi connectivity index (χ2n) is 5.75. The van der Waals surface area contributed by atoms with Gasteiger partial charge in [-0.05, 0) is 48.5 Å². The van der Waals surface area contributed by atoms with E-state index < -0.39 is 11.9 Å². The van der Waals surface area contributed by atoms with Gasteiger partial charge in [-0.25, -0.2) is 4.79 Å². The molecule has 128 valence electrons. The van der Waals surface area contributed by atoms with Gasteiger partial charge in [0.2, 0.25) is 11.8 Å². The van der Waals surface area contributed by atoms with Gasteiger partial charge in [-0.15, -0.1) is 0 Å². The lowest BCUT2D eigenvalue weighted by Crippen LogP contribution is -2.28. The molecule has 1 saturated heterocycles. The molecule has 1 aliphatic rings. The zero-order valence-corrected chi connectivity index (χ0v) is 13.9. The van der Waals surface area contributed by atoms with Crippen LogP contribution in [0.5, 0.6) is 0 Å². The summed E-state index contributed by atoms with van der Waals surface area (Å²) < 4.78 is 0. The van der Waals surface area contributed by atoms with E-state index in [0.29, 0.717) is 22.9 Å². The number of hydrogen-bond donors (Lipinski definition) is 2. The van der Waals surface area contributed by atoms with Gasteiger partial charge in [0.25, 0.3) is 0 Å². The molecule has 1 aliphatic heterocycles. The van der Waals surface area contributed by atoms with E-state index in [0.717, 1.165) is 0 Å². The normalized spacial score (nSPS) is 16.8. The molecular formula is C18H15ClN2O4. The first-order valence-electron chi connectivity index (χ1n) is 7.64. The van der Waals surface area contributed by atoms with Crippen LogP contribution in [0.4, 0.5) is 11.4 Å². The average Bonchev–Trinajstić information content (AvgIpc) is 2.98. The van der Waals surface area contributed by atoms with Crippen molar-refractivity contribution in [3.63, 3.8) is 0 Å². The number of benzene rings is 2. The van der Waals surface area contributed by atoms with Crippen molar-refractivity contribution in [2.75, 3.05) is 16.8 Å². The molecule has 1 fully saturated rings. The van der Waals surface area contributed by atoms with Crippen molar-refractivity contribution < 1.29 is 19.5 Å². The van der Waals surface area contributed by atoms with Gasteiger partial charge >= 0.3 is 5.97 Å². The summed E-state index contributed by atoms with van der Waals surface area (Å²) in [6.07, 6.45) is 0.127. The summed E-state index contributed by atoms with van der Waals surface area (Å²) in [5, 5.41) is 12.2. The van der Waals surface area contributed by atoms with Crippen molar-refractivity contribution in [2.45, 2.75) is 6.42 Å². The number of nitrogens with one attached hydrogen (secondary N) is 1. The number of carboxylic acid groups (broad SMARTS) is 1. The summed E-state index contributed by atoms with van der Waals surface area (Å²) in [6.45, 7) is 0.291. The molecule has 1 unspecified atom stereocenters. The van der Waals surface area contributed by atoms with Crippen LogP contribution in [0.25, 0.3) is 0 Å². The Morgan fingerprint density at radius 1 is 1.08 bits per heavy atom. The number of hydrogen-bond acceptors (Lipinski definition) is 3. The molecule has 2 aromatic carbocycles. The van der Waals surface area contributed by atoms with Crippen LogP contribution in [-0.2, 0) is 9.59 Å². The van der Waals surface area contributed by atoms with Gasteiger partial charge in [-0.2, -0.15) is 0 Å². The van der Waals surface area contributed by atoms with Crippen LogP contribution in [0.2, 0.25) is 5.02 Å². The Morgan fingerprint density at radius 3 is 2.32 bits per heavy atom. The van der Waals surface area contributed by atoms with Crippen molar-refractivity contribution in [1.82, 2.24) is 0 Å². The standard InChI is InChI=1S/C18H15ClN2O4/c19-13-3-7-15(8-4-13)21-10-12(9-16(21)22)17(23)20-14-5-1-11(2-6-14)18(24)25/h1-8,12H,9-10H2,(H,20,23)(H,24,25). The number of aromatic carboxylic acids is 1. The Kier molecular flexibility index (Phi) is 4.72. The van der Waals surface area contributed by atoms with Gasteiger partial charge < -0.3 is 15.3 Å². The highest BCUT2D eigenvalue weighted by Crippen LogP contribution is 2.27. The lowest BCUT2D eigenvalue weighted by Gasteiger charge is -2.16.